The molecule has 0 saturated heterocycles. The van der Waals surface area contributed by atoms with Crippen molar-refractivity contribution in [3.05, 3.63) is 170 Å². The van der Waals surface area contributed by atoms with E-state index in [0.29, 0.717) is 23.4 Å². The third-order valence-electron chi connectivity index (χ3n) is 9.55. The number of fused-ring (bicyclic) bond motifs is 5. The van der Waals surface area contributed by atoms with Crippen LogP contribution in [0.3, 0.4) is 0 Å². The summed E-state index contributed by atoms with van der Waals surface area (Å²) in [5.74, 6) is 2.50. The third-order valence-corrected chi connectivity index (χ3v) is 9.55. The molecular formula is C46H28N4O. The molecule has 5 heteroatoms. The summed E-state index contributed by atoms with van der Waals surface area (Å²) in [7, 11) is 0. The smallest absolute Gasteiger partial charge is 0.227 e. The van der Waals surface area contributed by atoms with E-state index < -0.39 is 0 Å². The van der Waals surface area contributed by atoms with Gasteiger partial charge in [-0.1, -0.05) is 146 Å². The summed E-state index contributed by atoms with van der Waals surface area (Å²) in [4.78, 5) is 20.1. The molecule has 10 aromatic rings. The number of hydrogen-bond acceptors (Lipinski definition) is 5. The summed E-state index contributed by atoms with van der Waals surface area (Å²) >= 11 is 0. The van der Waals surface area contributed by atoms with E-state index in [9.17, 15) is 0 Å². The Labute approximate surface area is 293 Å². The second-order valence-corrected chi connectivity index (χ2v) is 12.6. The maximum absolute atomic E-state index is 6.53. The zero-order valence-corrected chi connectivity index (χ0v) is 27.4. The highest BCUT2D eigenvalue weighted by Crippen LogP contribution is 2.41. The van der Waals surface area contributed by atoms with Crippen LogP contribution in [0.4, 0.5) is 0 Å². The molecule has 0 fully saturated rings. The largest absolute Gasteiger partial charge is 0.435 e. The van der Waals surface area contributed by atoms with Crippen LogP contribution in [-0.4, -0.2) is 19.9 Å². The Morgan fingerprint density at radius 3 is 1.75 bits per heavy atom. The van der Waals surface area contributed by atoms with Gasteiger partial charge in [0.15, 0.2) is 23.1 Å². The van der Waals surface area contributed by atoms with Gasteiger partial charge in [-0.25, -0.2) is 19.9 Å². The van der Waals surface area contributed by atoms with Gasteiger partial charge in [0.1, 0.15) is 5.52 Å². The maximum atomic E-state index is 6.53. The topological polar surface area (TPSA) is 64.7 Å². The molecule has 238 valence electrons. The number of rotatable bonds is 5. The van der Waals surface area contributed by atoms with Crippen LogP contribution in [0.2, 0.25) is 0 Å². The highest BCUT2D eigenvalue weighted by atomic mass is 16.3. The molecule has 0 saturated carbocycles. The molecule has 10 rings (SSSR count). The van der Waals surface area contributed by atoms with Gasteiger partial charge in [0, 0.05) is 27.6 Å². The van der Waals surface area contributed by atoms with Crippen molar-refractivity contribution < 1.29 is 4.42 Å². The van der Waals surface area contributed by atoms with E-state index in [4.69, 9.17) is 24.4 Å². The van der Waals surface area contributed by atoms with Crippen molar-refractivity contribution in [3.63, 3.8) is 0 Å². The normalized spacial score (nSPS) is 11.5. The van der Waals surface area contributed by atoms with Crippen molar-refractivity contribution >= 4 is 43.4 Å². The Bertz CT molecular complexity index is 2920. The quantitative estimate of drug-likeness (QED) is 0.185. The van der Waals surface area contributed by atoms with Crippen LogP contribution >= 0.6 is 0 Å². The molecule has 2 heterocycles. The van der Waals surface area contributed by atoms with Gasteiger partial charge in [0.05, 0.1) is 0 Å². The standard InChI is InChI=1S/C46H28N4O/c1-3-13-31(14-4-1)43-48-44(34-25-24-29-12-7-8-17-33(29)28-34)50-45(49-43)39-23-11-19-35-36(20-10-21-37(35)39)38-22-9-18-30-26-27-40-42(41(30)38)51-46(47-40)32-15-5-2-6-16-32/h1-28H. The van der Waals surface area contributed by atoms with E-state index in [1.165, 1.54) is 5.39 Å². The molecule has 2 aromatic heterocycles. The van der Waals surface area contributed by atoms with E-state index in [0.717, 1.165) is 71.4 Å². The predicted molar refractivity (Wildman–Crippen MR) is 207 cm³/mol. The minimum atomic E-state index is 0.611. The Balaban J connectivity index is 1.18. The summed E-state index contributed by atoms with van der Waals surface area (Å²) in [6, 6.07) is 58.2. The Morgan fingerprint density at radius 2 is 0.941 bits per heavy atom. The van der Waals surface area contributed by atoms with Crippen LogP contribution < -0.4 is 0 Å². The first-order valence-electron chi connectivity index (χ1n) is 17.0. The lowest BCUT2D eigenvalue weighted by atomic mass is 9.92. The average Bonchev–Trinajstić information content (AvgIpc) is 3.66. The second kappa shape index (κ2) is 11.9. The number of oxazole rings is 1. The lowest BCUT2D eigenvalue weighted by Crippen LogP contribution is -2.00. The number of aromatic nitrogens is 4. The molecule has 0 atom stereocenters. The fourth-order valence-corrected chi connectivity index (χ4v) is 7.09. The zero-order chi connectivity index (χ0) is 33.7. The molecule has 0 N–H and O–H groups in total. The van der Waals surface area contributed by atoms with E-state index in [2.05, 4.69) is 103 Å². The molecule has 51 heavy (non-hydrogen) atoms. The molecule has 8 aromatic carbocycles. The number of nitrogens with zero attached hydrogens (tertiary/aromatic N) is 4. The van der Waals surface area contributed by atoms with Gasteiger partial charge in [0.25, 0.3) is 0 Å². The first kappa shape index (κ1) is 29.0. The van der Waals surface area contributed by atoms with Crippen LogP contribution in [0.1, 0.15) is 0 Å². The number of hydrogen-bond donors (Lipinski definition) is 0. The molecule has 0 spiro atoms. The van der Waals surface area contributed by atoms with Crippen LogP contribution in [0.15, 0.2) is 174 Å². The Morgan fingerprint density at radius 1 is 0.353 bits per heavy atom. The van der Waals surface area contributed by atoms with Gasteiger partial charge >= 0.3 is 0 Å². The van der Waals surface area contributed by atoms with Crippen molar-refractivity contribution in [2.45, 2.75) is 0 Å². The van der Waals surface area contributed by atoms with Crippen LogP contribution in [-0.2, 0) is 0 Å². The molecule has 0 bridgehead atoms. The maximum Gasteiger partial charge on any atom is 0.227 e. The van der Waals surface area contributed by atoms with Crippen molar-refractivity contribution in [3.8, 4) is 56.7 Å². The van der Waals surface area contributed by atoms with Gasteiger partial charge in [-0.2, -0.15) is 0 Å². The molecule has 5 nitrogen and oxygen atoms in total. The van der Waals surface area contributed by atoms with Gasteiger partial charge in [-0.05, 0) is 62.3 Å². The molecular weight excluding hydrogens is 625 g/mol. The molecule has 0 unspecified atom stereocenters. The summed E-state index contributed by atoms with van der Waals surface area (Å²) < 4.78 is 6.53. The summed E-state index contributed by atoms with van der Waals surface area (Å²) in [5, 5.41) is 6.59. The fourth-order valence-electron chi connectivity index (χ4n) is 7.09. The minimum absolute atomic E-state index is 0.611. The lowest BCUT2D eigenvalue weighted by molar-refractivity contribution is 0.623. The molecule has 0 aliphatic rings. The molecule has 0 aliphatic carbocycles. The van der Waals surface area contributed by atoms with Crippen LogP contribution in [0.25, 0.3) is 100 Å². The van der Waals surface area contributed by atoms with Gasteiger partial charge in [0.2, 0.25) is 5.89 Å². The van der Waals surface area contributed by atoms with Crippen LogP contribution in [0.5, 0.6) is 0 Å². The highest BCUT2D eigenvalue weighted by Gasteiger charge is 2.19. The van der Waals surface area contributed by atoms with Crippen molar-refractivity contribution in [1.29, 1.82) is 0 Å². The second-order valence-electron chi connectivity index (χ2n) is 12.6. The van der Waals surface area contributed by atoms with Crippen molar-refractivity contribution in [1.82, 2.24) is 19.9 Å². The van der Waals surface area contributed by atoms with E-state index >= 15 is 0 Å². The third kappa shape index (κ3) is 5.03. The molecule has 0 radical (unpaired) electrons. The lowest BCUT2D eigenvalue weighted by Gasteiger charge is -2.14. The Hall–Kier alpha value is -6.98. The highest BCUT2D eigenvalue weighted by molar-refractivity contribution is 6.15. The van der Waals surface area contributed by atoms with E-state index in [1.54, 1.807) is 0 Å². The van der Waals surface area contributed by atoms with E-state index in [-0.39, 0.29) is 0 Å². The SMILES string of the molecule is c1ccc(-c2nc(-c3ccc4ccccc4c3)nc(-c3cccc4c(-c5cccc6ccc7nc(-c8ccccc8)oc7c56)cccc34)n2)cc1. The first-order chi connectivity index (χ1) is 25.3. The van der Waals surface area contributed by atoms with Gasteiger partial charge < -0.3 is 4.42 Å². The predicted octanol–water partition coefficient (Wildman–Crippen LogP) is 11.8. The van der Waals surface area contributed by atoms with Gasteiger partial charge in [-0.3, -0.25) is 0 Å². The van der Waals surface area contributed by atoms with Crippen molar-refractivity contribution in [2.75, 3.05) is 0 Å². The fraction of sp³-hybridized carbons (Fsp3) is 0. The molecule has 0 amide bonds. The monoisotopic (exact) mass is 652 g/mol. The van der Waals surface area contributed by atoms with Crippen LogP contribution in [0, 0.1) is 0 Å². The summed E-state index contributed by atoms with van der Waals surface area (Å²) in [6.07, 6.45) is 0. The summed E-state index contributed by atoms with van der Waals surface area (Å²) in [6.45, 7) is 0. The molecule has 0 aliphatic heterocycles. The summed E-state index contributed by atoms with van der Waals surface area (Å²) in [5.41, 5.74) is 7.54. The zero-order valence-electron chi connectivity index (χ0n) is 27.4. The van der Waals surface area contributed by atoms with E-state index in [1.807, 2.05) is 66.7 Å². The van der Waals surface area contributed by atoms with Gasteiger partial charge in [-0.15, -0.1) is 0 Å². The average molecular weight is 653 g/mol. The minimum Gasteiger partial charge on any atom is -0.435 e. The first-order valence-corrected chi connectivity index (χ1v) is 17.0. The Kier molecular flexibility index (Phi) is 6.74. The number of benzene rings is 8. The van der Waals surface area contributed by atoms with Crippen molar-refractivity contribution in [2.24, 2.45) is 0 Å².